The fourth-order valence-electron chi connectivity index (χ4n) is 2.40. The smallest absolute Gasteiger partial charge is 0.236 e. The van der Waals surface area contributed by atoms with Crippen molar-refractivity contribution in [3.8, 4) is 0 Å². The molecule has 2 aromatic rings. The van der Waals surface area contributed by atoms with Crippen molar-refractivity contribution in [3.63, 3.8) is 0 Å². The molecular formula is C13H13N3O. The molecule has 1 aromatic carbocycles. The summed E-state index contributed by atoms with van der Waals surface area (Å²) in [5.74, 6) is 2.41. The molecule has 2 heterocycles. The fourth-order valence-corrected chi connectivity index (χ4v) is 2.40. The standard InChI is InChI=1S/C13H13N3O/c1-2-4-11-9(3-1)10(7-14-11)13-15-12(16-17-13)8-5-6-8/h1-4,8,10,14H,5-7H2. The van der Waals surface area contributed by atoms with Crippen LogP contribution in [0.1, 0.15) is 42.0 Å². The van der Waals surface area contributed by atoms with Crippen molar-refractivity contribution in [3.05, 3.63) is 41.5 Å². The van der Waals surface area contributed by atoms with E-state index >= 15 is 0 Å². The maximum absolute atomic E-state index is 5.41. The van der Waals surface area contributed by atoms with Gasteiger partial charge in [-0.25, -0.2) is 0 Å². The van der Waals surface area contributed by atoms with Gasteiger partial charge in [0.05, 0.1) is 5.92 Å². The van der Waals surface area contributed by atoms with Crippen LogP contribution in [0.4, 0.5) is 5.69 Å². The van der Waals surface area contributed by atoms with Gasteiger partial charge in [0.1, 0.15) is 0 Å². The third-order valence-electron chi connectivity index (χ3n) is 3.53. The maximum atomic E-state index is 5.41. The number of hydrogen-bond acceptors (Lipinski definition) is 4. The SMILES string of the molecule is c1ccc2c(c1)NCC2c1nc(C2CC2)no1. The van der Waals surface area contributed by atoms with E-state index in [1.54, 1.807) is 0 Å². The van der Waals surface area contributed by atoms with Crippen LogP contribution in [0.25, 0.3) is 0 Å². The average Bonchev–Trinajstić information content (AvgIpc) is 2.95. The summed E-state index contributed by atoms with van der Waals surface area (Å²) in [5.41, 5.74) is 2.45. The van der Waals surface area contributed by atoms with Gasteiger partial charge in [-0.05, 0) is 24.5 Å². The molecule has 0 spiro atoms. The number of nitrogens with one attached hydrogen (secondary N) is 1. The quantitative estimate of drug-likeness (QED) is 0.856. The summed E-state index contributed by atoms with van der Waals surface area (Å²) in [5, 5.41) is 7.46. The molecule has 1 N–H and O–H groups in total. The van der Waals surface area contributed by atoms with Gasteiger partial charge < -0.3 is 9.84 Å². The molecule has 17 heavy (non-hydrogen) atoms. The van der Waals surface area contributed by atoms with E-state index in [0.29, 0.717) is 5.92 Å². The summed E-state index contributed by atoms with van der Waals surface area (Å²) in [4.78, 5) is 4.54. The first-order chi connectivity index (χ1) is 8.42. The Morgan fingerprint density at radius 2 is 2.12 bits per heavy atom. The molecule has 0 amide bonds. The summed E-state index contributed by atoms with van der Waals surface area (Å²) < 4.78 is 5.41. The molecule has 86 valence electrons. The number of aromatic nitrogens is 2. The first-order valence-corrected chi connectivity index (χ1v) is 6.08. The van der Waals surface area contributed by atoms with E-state index < -0.39 is 0 Å². The predicted molar refractivity (Wildman–Crippen MR) is 63.0 cm³/mol. The zero-order valence-corrected chi connectivity index (χ0v) is 9.39. The number of benzene rings is 1. The first-order valence-electron chi connectivity index (χ1n) is 6.08. The van der Waals surface area contributed by atoms with E-state index in [0.717, 1.165) is 18.3 Å². The normalized spacial score (nSPS) is 22.2. The Labute approximate surface area is 99.0 Å². The lowest BCUT2D eigenvalue weighted by atomic mass is 10.0. The van der Waals surface area contributed by atoms with E-state index in [9.17, 15) is 0 Å². The molecule has 1 atom stereocenters. The summed E-state index contributed by atoms with van der Waals surface area (Å²) in [6.07, 6.45) is 2.41. The van der Waals surface area contributed by atoms with Crippen LogP contribution in [0, 0.1) is 0 Å². The maximum Gasteiger partial charge on any atom is 0.236 e. The molecule has 4 nitrogen and oxygen atoms in total. The van der Waals surface area contributed by atoms with Crippen molar-refractivity contribution in [1.82, 2.24) is 10.1 Å². The van der Waals surface area contributed by atoms with Gasteiger partial charge in [-0.2, -0.15) is 4.98 Å². The van der Waals surface area contributed by atoms with Crippen LogP contribution in [0.3, 0.4) is 0 Å². The fraction of sp³-hybridized carbons (Fsp3) is 0.385. The topological polar surface area (TPSA) is 51.0 Å². The van der Waals surface area contributed by atoms with Crippen molar-refractivity contribution >= 4 is 5.69 Å². The van der Waals surface area contributed by atoms with Crippen molar-refractivity contribution < 1.29 is 4.52 Å². The molecule has 1 unspecified atom stereocenters. The highest BCUT2D eigenvalue weighted by atomic mass is 16.5. The molecule has 4 heteroatoms. The van der Waals surface area contributed by atoms with Gasteiger partial charge in [-0.3, -0.25) is 0 Å². The van der Waals surface area contributed by atoms with Crippen LogP contribution in [0.5, 0.6) is 0 Å². The lowest BCUT2D eigenvalue weighted by Crippen LogP contribution is -2.04. The van der Waals surface area contributed by atoms with Gasteiger partial charge in [0.15, 0.2) is 5.82 Å². The highest BCUT2D eigenvalue weighted by Gasteiger charge is 2.32. The second-order valence-electron chi connectivity index (χ2n) is 4.79. The summed E-state index contributed by atoms with van der Waals surface area (Å²) in [6, 6.07) is 8.31. The van der Waals surface area contributed by atoms with Crippen LogP contribution < -0.4 is 5.32 Å². The molecule has 4 rings (SSSR count). The predicted octanol–water partition coefficient (Wildman–Crippen LogP) is 2.50. The van der Waals surface area contributed by atoms with Gasteiger partial charge in [0.2, 0.25) is 5.89 Å². The third-order valence-corrected chi connectivity index (χ3v) is 3.53. The monoisotopic (exact) mass is 227 g/mol. The number of para-hydroxylation sites is 1. The molecular weight excluding hydrogens is 214 g/mol. The Balaban J connectivity index is 1.70. The number of anilines is 1. The Morgan fingerprint density at radius 3 is 3.00 bits per heavy atom. The Bertz CT molecular complexity index is 559. The second-order valence-corrected chi connectivity index (χ2v) is 4.79. The van der Waals surface area contributed by atoms with Crippen molar-refractivity contribution in [1.29, 1.82) is 0 Å². The third kappa shape index (κ3) is 1.44. The van der Waals surface area contributed by atoms with E-state index in [2.05, 4.69) is 33.7 Å². The molecule has 2 aliphatic rings. The van der Waals surface area contributed by atoms with Crippen LogP contribution in [0.15, 0.2) is 28.8 Å². The molecule has 1 aromatic heterocycles. The summed E-state index contributed by atoms with van der Waals surface area (Å²) in [6.45, 7) is 0.853. The first kappa shape index (κ1) is 9.22. The Kier molecular flexibility index (Phi) is 1.80. The lowest BCUT2D eigenvalue weighted by Gasteiger charge is -2.02. The van der Waals surface area contributed by atoms with Crippen LogP contribution in [0.2, 0.25) is 0 Å². The van der Waals surface area contributed by atoms with Gasteiger partial charge in [0, 0.05) is 18.2 Å². The number of rotatable bonds is 2. The number of nitrogens with zero attached hydrogens (tertiary/aromatic N) is 2. The average molecular weight is 227 g/mol. The zero-order chi connectivity index (χ0) is 11.2. The number of hydrogen-bond donors (Lipinski definition) is 1. The molecule has 0 bridgehead atoms. The minimum atomic E-state index is 0.214. The molecule has 0 saturated heterocycles. The van der Waals surface area contributed by atoms with Crippen LogP contribution in [-0.2, 0) is 0 Å². The van der Waals surface area contributed by atoms with E-state index in [1.807, 2.05) is 6.07 Å². The van der Waals surface area contributed by atoms with E-state index in [4.69, 9.17) is 4.52 Å². The molecule has 1 fully saturated rings. The summed E-state index contributed by atoms with van der Waals surface area (Å²) in [7, 11) is 0. The summed E-state index contributed by atoms with van der Waals surface area (Å²) >= 11 is 0. The van der Waals surface area contributed by atoms with E-state index in [-0.39, 0.29) is 5.92 Å². The Hall–Kier alpha value is -1.84. The molecule has 1 aliphatic heterocycles. The zero-order valence-electron chi connectivity index (χ0n) is 9.39. The minimum absolute atomic E-state index is 0.214. The number of fused-ring (bicyclic) bond motifs is 1. The molecule has 1 saturated carbocycles. The second kappa shape index (κ2) is 3.32. The molecule has 0 radical (unpaired) electrons. The van der Waals surface area contributed by atoms with Gasteiger partial charge >= 0.3 is 0 Å². The Morgan fingerprint density at radius 1 is 1.24 bits per heavy atom. The molecule has 1 aliphatic carbocycles. The van der Waals surface area contributed by atoms with E-state index in [1.165, 1.54) is 24.1 Å². The van der Waals surface area contributed by atoms with Crippen LogP contribution in [-0.4, -0.2) is 16.7 Å². The van der Waals surface area contributed by atoms with Crippen LogP contribution >= 0.6 is 0 Å². The highest BCUT2D eigenvalue weighted by molar-refractivity contribution is 5.59. The van der Waals surface area contributed by atoms with Crippen molar-refractivity contribution in [2.45, 2.75) is 24.7 Å². The van der Waals surface area contributed by atoms with Gasteiger partial charge in [0.25, 0.3) is 0 Å². The van der Waals surface area contributed by atoms with Gasteiger partial charge in [-0.15, -0.1) is 0 Å². The lowest BCUT2D eigenvalue weighted by molar-refractivity contribution is 0.365. The van der Waals surface area contributed by atoms with Crippen molar-refractivity contribution in [2.75, 3.05) is 11.9 Å². The largest absolute Gasteiger partial charge is 0.384 e. The highest BCUT2D eigenvalue weighted by Crippen LogP contribution is 2.40. The van der Waals surface area contributed by atoms with Crippen molar-refractivity contribution in [2.24, 2.45) is 0 Å². The van der Waals surface area contributed by atoms with Gasteiger partial charge in [-0.1, -0.05) is 23.4 Å². The minimum Gasteiger partial charge on any atom is -0.384 e.